The van der Waals surface area contributed by atoms with Gasteiger partial charge in [-0.2, -0.15) is 0 Å². The topological polar surface area (TPSA) is 46.5 Å². The second kappa shape index (κ2) is 8.47. The maximum Gasteiger partial charge on any atom is 0.330 e. The van der Waals surface area contributed by atoms with Crippen LogP contribution in [0, 0.1) is 0 Å². The van der Waals surface area contributed by atoms with E-state index >= 15 is 0 Å². The third-order valence-electron chi connectivity index (χ3n) is 3.36. The number of aliphatic carboxylic acids is 1. The van der Waals surface area contributed by atoms with Gasteiger partial charge in [-0.25, -0.2) is 4.79 Å². The summed E-state index contributed by atoms with van der Waals surface area (Å²) in [5.41, 5.74) is 0.446. The lowest BCUT2D eigenvalue weighted by Gasteiger charge is -2.28. The van der Waals surface area contributed by atoms with E-state index < -0.39 is 14.3 Å². The van der Waals surface area contributed by atoms with E-state index in [2.05, 4.69) is 20.8 Å². The van der Waals surface area contributed by atoms with Gasteiger partial charge in [0.15, 0.2) is 8.32 Å². The van der Waals surface area contributed by atoms with Crippen molar-refractivity contribution in [1.82, 2.24) is 0 Å². The van der Waals surface area contributed by atoms with Crippen LogP contribution in [0.25, 0.3) is 0 Å². The Kier molecular flexibility index (Phi) is 8.17. The number of unbranched alkanes of at least 4 members (excludes halogenated alkanes) is 1. The van der Waals surface area contributed by atoms with Crippen LogP contribution >= 0.6 is 0 Å². The van der Waals surface area contributed by atoms with Gasteiger partial charge in [0.1, 0.15) is 0 Å². The van der Waals surface area contributed by atoms with Crippen LogP contribution in [-0.4, -0.2) is 26.0 Å². The van der Waals surface area contributed by atoms with E-state index in [9.17, 15) is 4.79 Å². The summed E-state index contributed by atoms with van der Waals surface area (Å²) in [4.78, 5) is 10.6. The molecule has 0 radical (unpaired) electrons. The molecule has 0 aliphatic heterocycles. The molecule has 0 heterocycles. The van der Waals surface area contributed by atoms with Crippen molar-refractivity contribution in [3.63, 3.8) is 0 Å². The predicted octanol–water partition coefficient (Wildman–Crippen LogP) is 3.82. The average molecular weight is 258 g/mol. The van der Waals surface area contributed by atoms with Gasteiger partial charge in [-0.15, -0.1) is 0 Å². The van der Waals surface area contributed by atoms with E-state index in [1.54, 1.807) is 6.92 Å². The van der Waals surface area contributed by atoms with Crippen LogP contribution in [0.15, 0.2) is 11.6 Å². The first-order valence-corrected chi connectivity index (χ1v) is 9.08. The zero-order chi connectivity index (χ0) is 13.3. The molecule has 4 heteroatoms. The van der Waals surface area contributed by atoms with Crippen molar-refractivity contribution in [2.45, 2.75) is 58.7 Å². The summed E-state index contributed by atoms with van der Waals surface area (Å²) in [5, 5.41) is 8.73. The minimum absolute atomic E-state index is 0.446. The first-order valence-electron chi connectivity index (χ1n) is 6.55. The number of rotatable bonds is 9. The summed E-state index contributed by atoms with van der Waals surface area (Å²) in [6.07, 6.45) is 3.71. The summed E-state index contributed by atoms with van der Waals surface area (Å²) >= 11 is 0. The number of hydrogen-bond acceptors (Lipinski definition) is 2. The smallest absolute Gasteiger partial charge is 0.330 e. The summed E-state index contributed by atoms with van der Waals surface area (Å²) in [7, 11) is -1.52. The van der Waals surface area contributed by atoms with Crippen molar-refractivity contribution in [3.05, 3.63) is 11.6 Å². The SMILES string of the molecule is CCO[Si](CC)(CC)CCCC=C(C)C(=O)O. The van der Waals surface area contributed by atoms with Crippen molar-refractivity contribution in [2.24, 2.45) is 0 Å². The summed E-state index contributed by atoms with van der Waals surface area (Å²) < 4.78 is 5.98. The van der Waals surface area contributed by atoms with Crippen molar-refractivity contribution in [3.8, 4) is 0 Å². The molecule has 0 saturated heterocycles. The average Bonchev–Trinajstić information content (AvgIpc) is 2.32. The van der Waals surface area contributed by atoms with Crippen LogP contribution in [0.2, 0.25) is 18.1 Å². The molecule has 0 aromatic carbocycles. The van der Waals surface area contributed by atoms with Crippen LogP contribution in [0.4, 0.5) is 0 Å². The van der Waals surface area contributed by atoms with E-state index in [1.165, 1.54) is 0 Å². The summed E-state index contributed by atoms with van der Waals surface area (Å²) in [6, 6.07) is 3.44. The van der Waals surface area contributed by atoms with E-state index in [0.717, 1.165) is 37.6 Å². The van der Waals surface area contributed by atoms with Crippen LogP contribution in [-0.2, 0) is 9.22 Å². The largest absolute Gasteiger partial charge is 0.478 e. The fourth-order valence-corrected chi connectivity index (χ4v) is 5.24. The van der Waals surface area contributed by atoms with Gasteiger partial charge in [0, 0.05) is 12.2 Å². The molecule has 0 aliphatic rings. The fourth-order valence-electron chi connectivity index (χ4n) is 2.02. The van der Waals surface area contributed by atoms with Gasteiger partial charge in [0.05, 0.1) is 0 Å². The maximum absolute atomic E-state index is 10.6. The quantitative estimate of drug-likeness (QED) is 0.388. The highest BCUT2D eigenvalue weighted by Crippen LogP contribution is 2.24. The third-order valence-corrected chi connectivity index (χ3v) is 8.11. The Bertz CT molecular complexity index is 257. The van der Waals surface area contributed by atoms with Gasteiger partial charge in [-0.05, 0) is 38.4 Å². The van der Waals surface area contributed by atoms with Crippen molar-refractivity contribution in [1.29, 1.82) is 0 Å². The molecule has 0 fully saturated rings. The minimum atomic E-state index is -1.52. The van der Waals surface area contributed by atoms with Crippen LogP contribution < -0.4 is 0 Å². The van der Waals surface area contributed by atoms with Gasteiger partial charge in [0.25, 0.3) is 0 Å². The van der Waals surface area contributed by atoms with Gasteiger partial charge < -0.3 is 9.53 Å². The third kappa shape index (κ3) is 6.03. The molecule has 0 atom stereocenters. The van der Waals surface area contributed by atoms with Crippen LogP contribution in [0.3, 0.4) is 0 Å². The van der Waals surface area contributed by atoms with Crippen LogP contribution in [0.1, 0.15) is 40.5 Å². The molecule has 100 valence electrons. The van der Waals surface area contributed by atoms with E-state index in [-0.39, 0.29) is 0 Å². The predicted molar refractivity (Wildman–Crippen MR) is 73.8 cm³/mol. The molecule has 1 N–H and O–H groups in total. The second-order valence-corrected chi connectivity index (χ2v) is 8.98. The minimum Gasteiger partial charge on any atom is -0.478 e. The Morgan fingerprint density at radius 1 is 1.29 bits per heavy atom. The van der Waals surface area contributed by atoms with Crippen molar-refractivity contribution >= 4 is 14.3 Å². The van der Waals surface area contributed by atoms with Gasteiger partial charge >= 0.3 is 5.97 Å². The highest BCUT2D eigenvalue weighted by molar-refractivity contribution is 6.73. The highest BCUT2D eigenvalue weighted by Gasteiger charge is 2.29. The van der Waals surface area contributed by atoms with Gasteiger partial charge in [-0.3, -0.25) is 0 Å². The Morgan fingerprint density at radius 3 is 2.29 bits per heavy atom. The number of carboxylic acids is 1. The first-order chi connectivity index (χ1) is 8.01. The van der Waals surface area contributed by atoms with Crippen molar-refractivity contribution < 1.29 is 14.3 Å². The molecule has 0 rings (SSSR count). The molecular weight excluding hydrogens is 232 g/mol. The summed E-state index contributed by atoms with van der Waals surface area (Å²) in [6.45, 7) is 8.93. The Morgan fingerprint density at radius 2 is 1.88 bits per heavy atom. The zero-order valence-electron chi connectivity index (χ0n) is 11.6. The summed E-state index contributed by atoms with van der Waals surface area (Å²) in [5.74, 6) is -0.815. The lowest BCUT2D eigenvalue weighted by Crippen LogP contribution is -2.36. The molecule has 0 amide bonds. The van der Waals surface area contributed by atoms with Crippen molar-refractivity contribution in [2.75, 3.05) is 6.61 Å². The molecule has 0 unspecified atom stereocenters. The normalized spacial score (nSPS) is 12.8. The number of carboxylic acid groups (broad SMARTS) is 1. The van der Waals surface area contributed by atoms with E-state index in [0.29, 0.717) is 5.57 Å². The maximum atomic E-state index is 10.6. The lowest BCUT2D eigenvalue weighted by molar-refractivity contribution is -0.132. The van der Waals surface area contributed by atoms with E-state index in [1.807, 2.05) is 6.08 Å². The molecule has 0 aromatic rings. The number of allylic oxidation sites excluding steroid dienone is 1. The first kappa shape index (κ1) is 16.4. The Labute approximate surface area is 106 Å². The van der Waals surface area contributed by atoms with Gasteiger partial charge in [0.2, 0.25) is 0 Å². The Hall–Kier alpha value is -0.613. The molecule has 3 nitrogen and oxygen atoms in total. The molecule has 17 heavy (non-hydrogen) atoms. The molecule has 0 aromatic heterocycles. The monoisotopic (exact) mass is 258 g/mol. The molecule has 0 saturated carbocycles. The van der Waals surface area contributed by atoms with Crippen LogP contribution in [0.5, 0.6) is 0 Å². The number of carbonyl (C=O) groups is 1. The standard InChI is InChI=1S/C13H26O3Si/c1-5-16-17(6-2,7-3)11-9-8-10-12(4)13(14)15/h10H,5-9,11H2,1-4H3,(H,14,15). The number of hydrogen-bond donors (Lipinski definition) is 1. The zero-order valence-corrected chi connectivity index (χ0v) is 12.6. The molecule has 0 aliphatic carbocycles. The lowest BCUT2D eigenvalue weighted by atomic mass is 10.2. The fraction of sp³-hybridized carbons (Fsp3) is 0.769. The highest BCUT2D eigenvalue weighted by atomic mass is 28.4. The van der Waals surface area contributed by atoms with Gasteiger partial charge in [-0.1, -0.05) is 26.3 Å². The molecular formula is C13H26O3Si. The molecule has 0 bridgehead atoms. The Balaban J connectivity index is 4.15. The second-order valence-electron chi connectivity index (χ2n) is 4.41. The molecule has 0 spiro atoms. The van der Waals surface area contributed by atoms with E-state index in [4.69, 9.17) is 9.53 Å².